The highest BCUT2D eigenvalue weighted by molar-refractivity contribution is 6.32. The Balaban J connectivity index is 1.50. The Labute approximate surface area is 188 Å². The Morgan fingerprint density at radius 2 is 2.06 bits per heavy atom. The molecule has 1 fully saturated rings. The number of anilines is 1. The van der Waals surface area contributed by atoms with Crippen molar-refractivity contribution in [1.82, 2.24) is 19.3 Å². The van der Waals surface area contributed by atoms with Gasteiger partial charge < -0.3 is 10.4 Å². The summed E-state index contributed by atoms with van der Waals surface area (Å²) in [4.78, 5) is 17.5. The highest BCUT2D eigenvalue weighted by Crippen LogP contribution is 2.34. The number of aliphatic hydroxyl groups is 1. The largest absolute Gasteiger partial charge is 0.394 e. The number of pyridine rings is 2. The zero-order chi connectivity index (χ0) is 22.2. The third-order valence-electron chi connectivity index (χ3n) is 5.80. The smallest absolute Gasteiger partial charge is 0.266 e. The molecular weight excluding hydrogens is 433 g/mol. The highest BCUT2D eigenvalue weighted by atomic mass is 35.5. The van der Waals surface area contributed by atoms with Crippen LogP contribution in [-0.4, -0.2) is 37.1 Å². The SMILES string of the molecule is O=c1c2cnn(Cc3ccccc3F)c2ccn1-c1cc(N[C@H](CO)C2CC2)ncc1Cl. The number of hydrogen-bond donors (Lipinski definition) is 2. The maximum atomic E-state index is 14.0. The zero-order valence-corrected chi connectivity index (χ0v) is 17.8. The van der Waals surface area contributed by atoms with Gasteiger partial charge in [0, 0.05) is 17.8 Å². The first-order valence-electron chi connectivity index (χ1n) is 10.4. The number of nitrogens with zero attached hydrogens (tertiary/aromatic N) is 4. The van der Waals surface area contributed by atoms with Gasteiger partial charge >= 0.3 is 0 Å². The number of rotatable bonds is 7. The van der Waals surface area contributed by atoms with E-state index >= 15 is 0 Å². The summed E-state index contributed by atoms with van der Waals surface area (Å²) < 4.78 is 17.1. The van der Waals surface area contributed by atoms with E-state index in [4.69, 9.17) is 11.6 Å². The van der Waals surface area contributed by atoms with Crippen LogP contribution in [0.5, 0.6) is 0 Å². The predicted octanol–water partition coefficient (Wildman–Crippen LogP) is 3.61. The molecule has 0 unspecified atom stereocenters. The fourth-order valence-corrected chi connectivity index (χ4v) is 4.07. The van der Waals surface area contributed by atoms with Gasteiger partial charge in [0.25, 0.3) is 5.56 Å². The quantitative estimate of drug-likeness (QED) is 0.446. The van der Waals surface area contributed by atoms with Crippen molar-refractivity contribution in [1.29, 1.82) is 0 Å². The van der Waals surface area contributed by atoms with Gasteiger partial charge in [-0.3, -0.25) is 14.0 Å². The van der Waals surface area contributed by atoms with Crippen LogP contribution >= 0.6 is 11.6 Å². The normalized spacial score (nSPS) is 14.6. The molecule has 0 amide bonds. The lowest BCUT2D eigenvalue weighted by molar-refractivity contribution is 0.263. The van der Waals surface area contributed by atoms with Crippen molar-refractivity contribution in [3.8, 4) is 5.69 Å². The van der Waals surface area contributed by atoms with Crippen molar-refractivity contribution < 1.29 is 9.50 Å². The molecule has 1 aliphatic carbocycles. The predicted molar refractivity (Wildman–Crippen MR) is 121 cm³/mol. The lowest BCUT2D eigenvalue weighted by atomic mass is 10.2. The van der Waals surface area contributed by atoms with Gasteiger partial charge in [0.1, 0.15) is 11.6 Å². The Bertz CT molecular complexity index is 1350. The average molecular weight is 454 g/mol. The summed E-state index contributed by atoms with van der Waals surface area (Å²) in [5.74, 6) is 0.651. The van der Waals surface area contributed by atoms with Crippen LogP contribution in [0.15, 0.2) is 59.8 Å². The molecule has 0 saturated heterocycles. The second-order valence-corrected chi connectivity index (χ2v) is 8.38. The second-order valence-electron chi connectivity index (χ2n) is 7.98. The summed E-state index contributed by atoms with van der Waals surface area (Å²) in [5, 5.41) is 17.9. The number of aromatic nitrogens is 4. The van der Waals surface area contributed by atoms with Gasteiger partial charge in [0.15, 0.2) is 0 Å². The maximum absolute atomic E-state index is 14.0. The fourth-order valence-electron chi connectivity index (χ4n) is 3.87. The molecule has 3 heterocycles. The Morgan fingerprint density at radius 1 is 1.25 bits per heavy atom. The number of aliphatic hydroxyl groups excluding tert-OH is 1. The summed E-state index contributed by atoms with van der Waals surface area (Å²) in [6, 6.07) is 9.87. The molecule has 164 valence electrons. The van der Waals surface area contributed by atoms with E-state index in [9.17, 15) is 14.3 Å². The van der Waals surface area contributed by atoms with Crippen LogP contribution < -0.4 is 10.9 Å². The van der Waals surface area contributed by atoms with Crippen molar-refractivity contribution in [2.75, 3.05) is 11.9 Å². The van der Waals surface area contributed by atoms with E-state index in [1.165, 1.54) is 23.0 Å². The zero-order valence-electron chi connectivity index (χ0n) is 17.1. The summed E-state index contributed by atoms with van der Waals surface area (Å²) in [6.07, 6.45) is 6.74. The van der Waals surface area contributed by atoms with E-state index in [1.807, 2.05) is 0 Å². The van der Waals surface area contributed by atoms with Crippen LogP contribution in [-0.2, 0) is 6.54 Å². The lowest BCUT2D eigenvalue weighted by Gasteiger charge is -2.17. The molecule has 7 nitrogen and oxygen atoms in total. The maximum Gasteiger partial charge on any atom is 0.266 e. The molecule has 0 bridgehead atoms. The number of nitrogens with one attached hydrogen (secondary N) is 1. The third-order valence-corrected chi connectivity index (χ3v) is 6.10. The van der Waals surface area contributed by atoms with Crippen molar-refractivity contribution in [2.45, 2.75) is 25.4 Å². The van der Waals surface area contributed by atoms with E-state index in [1.54, 1.807) is 41.2 Å². The van der Waals surface area contributed by atoms with Gasteiger partial charge in [0.05, 0.1) is 53.2 Å². The van der Waals surface area contributed by atoms with E-state index in [0.29, 0.717) is 38.9 Å². The summed E-state index contributed by atoms with van der Waals surface area (Å²) in [5.41, 5.74) is 1.28. The minimum Gasteiger partial charge on any atom is -0.394 e. The van der Waals surface area contributed by atoms with E-state index in [-0.39, 0.29) is 30.6 Å². The summed E-state index contributed by atoms with van der Waals surface area (Å²) in [6.45, 7) is 0.227. The summed E-state index contributed by atoms with van der Waals surface area (Å²) >= 11 is 6.37. The number of benzene rings is 1. The standard InChI is InChI=1S/C23H21ClFN5O2/c24-17-11-26-22(28-19(13-31)14-5-6-14)9-21(17)29-8-7-20-16(23(29)32)10-27-30(20)12-15-3-1-2-4-18(15)25/h1-4,7-11,14,19,31H,5-6,12-13H2,(H,26,28)/t19-/m1/s1. The molecule has 0 radical (unpaired) electrons. The molecule has 0 aliphatic heterocycles. The molecule has 1 aliphatic rings. The first-order chi connectivity index (χ1) is 15.5. The molecule has 5 rings (SSSR count). The van der Waals surface area contributed by atoms with E-state index in [0.717, 1.165) is 12.8 Å². The first-order valence-corrected chi connectivity index (χ1v) is 10.8. The Kier molecular flexibility index (Phi) is 5.40. The van der Waals surface area contributed by atoms with Crippen LogP contribution in [0.1, 0.15) is 18.4 Å². The van der Waals surface area contributed by atoms with Gasteiger partial charge in [-0.2, -0.15) is 5.10 Å². The van der Waals surface area contributed by atoms with E-state index in [2.05, 4.69) is 15.4 Å². The molecule has 4 aromatic rings. The van der Waals surface area contributed by atoms with Crippen LogP contribution in [0.25, 0.3) is 16.6 Å². The summed E-state index contributed by atoms with van der Waals surface area (Å²) in [7, 11) is 0. The van der Waals surface area contributed by atoms with Crippen LogP contribution in [0.3, 0.4) is 0 Å². The Hall–Kier alpha value is -3.23. The topological polar surface area (TPSA) is 85.0 Å². The molecule has 1 aromatic carbocycles. The van der Waals surface area contributed by atoms with Crippen LogP contribution in [0.2, 0.25) is 5.02 Å². The van der Waals surface area contributed by atoms with Gasteiger partial charge in [-0.15, -0.1) is 0 Å². The molecule has 1 saturated carbocycles. The second kappa shape index (κ2) is 8.37. The molecule has 1 atom stereocenters. The molecule has 9 heteroatoms. The van der Waals surface area contributed by atoms with Crippen LogP contribution in [0.4, 0.5) is 10.2 Å². The van der Waals surface area contributed by atoms with Gasteiger partial charge in [-0.25, -0.2) is 9.37 Å². The fraction of sp³-hybridized carbons (Fsp3) is 0.261. The highest BCUT2D eigenvalue weighted by Gasteiger charge is 2.31. The number of hydrogen-bond acceptors (Lipinski definition) is 5. The van der Waals surface area contributed by atoms with Crippen molar-refractivity contribution in [3.05, 3.63) is 81.7 Å². The van der Waals surface area contributed by atoms with Crippen molar-refractivity contribution in [2.24, 2.45) is 5.92 Å². The van der Waals surface area contributed by atoms with Gasteiger partial charge in [-0.05, 0) is 30.9 Å². The third kappa shape index (κ3) is 3.87. The molecule has 0 spiro atoms. The molecular formula is C23H21ClFN5O2. The van der Waals surface area contributed by atoms with Crippen molar-refractivity contribution in [3.63, 3.8) is 0 Å². The van der Waals surface area contributed by atoms with Gasteiger partial charge in [-0.1, -0.05) is 29.8 Å². The Morgan fingerprint density at radius 3 is 2.81 bits per heavy atom. The monoisotopic (exact) mass is 453 g/mol. The number of fused-ring (bicyclic) bond motifs is 1. The molecule has 32 heavy (non-hydrogen) atoms. The first kappa shape index (κ1) is 20.7. The van der Waals surface area contributed by atoms with E-state index < -0.39 is 0 Å². The lowest BCUT2D eigenvalue weighted by Crippen LogP contribution is -2.26. The minimum atomic E-state index is -0.319. The van der Waals surface area contributed by atoms with Crippen LogP contribution in [0, 0.1) is 11.7 Å². The molecule has 3 aromatic heterocycles. The molecule has 2 N–H and O–H groups in total. The van der Waals surface area contributed by atoms with Crippen molar-refractivity contribution >= 4 is 28.3 Å². The minimum absolute atomic E-state index is 0.0113. The van der Waals surface area contributed by atoms with Gasteiger partial charge in [0.2, 0.25) is 0 Å². The number of halogens is 2. The average Bonchev–Trinajstić information content (AvgIpc) is 3.56.